The molecule has 0 atom stereocenters. The van der Waals surface area contributed by atoms with E-state index >= 15 is 0 Å². The van der Waals surface area contributed by atoms with Crippen LogP contribution in [0.1, 0.15) is 22.3 Å². The van der Waals surface area contributed by atoms with Gasteiger partial charge in [-0.2, -0.15) is 0 Å². The van der Waals surface area contributed by atoms with Gasteiger partial charge < -0.3 is 19.2 Å². The highest BCUT2D eigenvalue weighted by molar-refractivity contribution is 5.94. The number of carbonyl (C=O) groups is 1. The number of nitrogens with zero attached hydrogens (tertiary/aromatic N) is 2. The summed E-state index contributed by atoms with van der Waals surface area (Å²) in [5.41, 5.74) is 3.38. The van der Waals surface area contributed by atoms with Gasteiger partial charge in [0.2, 0.25) is 11.8 Å². The van der Waals surface area contributed by atoms with Crippen molar-refractivity contribution in [3.05, 3.63) is 59.7 Å². The Balaban J connectivity index is 1.52. The molecule has 7 heteroatoms. The van der Waals surface area contributed by atoms with Crippen LogP contribution in [0.25, 0.3) is 22.9 Å². The molecule has 0 aliphatic rings. The zero-order valence-electron chi connectivity index (χ0n) is 16.7. The number of benzene rings is 2. The van der Waals surface area contributed by atoms with Gasteiger partial charge in [0.05, 0.1) is 13.2 Å². The van der Waals surface area contributed by atoms with Crippen LogP contribution in [0.3, 0.4) is 0 Å². The molecule has 0 bridgehead atoms. The Labute approximate surface area is 170 Å². The highest BCUT2D eigenvalue weighted by Crippen LogP contribution is 2.24. The molecule has 2 aromatic carbocycles. The van der Waals surface area contributed by atoms with Crippen LogP contribution in [0.15, 0.2) is 52.9 Å². The minimum absolute atomic E-state index is 0.126. The molecule has 1 amide bonds. The number of aryl methyl sites for hydroxylation is 1. The predicted molar refractivity (Wildman–Crippen MR) is 110 cm³/mol. The number of ether oxygens (including phenoxy) is 2. The van der Waals surface area contributed by atoms with E-state index in [1.54, 1.807) is 31.4 Å². The van der Waals surface area contributed by atoms with Crippen molar-refractivity contribution >= 4 is 5.91 Å². The summed E-state index contributed by atoms with van der Waals surface area (Å²) in [7, 11) is 1.64. The van der Waals surface area contributed by atoms with Gasteiger partial charge in [-0.05, 0) is 49.7 Å². The van der Waals surface area contributed by atoms with Crippen LogP contribution in [0.5, 0.6) is 0 Å². The van der Waals surface area contributed by atoms with Gasteiger partial charge in [0.25, 0.3) is 5.91 Å². The first kappa shape index (κ1) is 20.7. The highest BCUT2D eigenvalue weighted by Gasteiger charge is 2.11. The molecular formula is C22H25N3O4. The van der Waals surface area contributed by atoms with Crippen LogP contribution in [0.2, 0.25) is 0 Å². The van der Waals surface area contributed by atoms with Crippen molar-refractivity contribution in [2.24, 2.45) is 0 Å². The van der Waals surface area contributed by atoms with Gasteiger partial charge >= 0.3 is 0 Å². The van der Waals surface area contributed by atoms with Gasteiger partial charge in [0, 0.05) is 37.0 Å². The average molecular weight is 395 g/mol. The lowest BCUT2D eigenvalue weighted by molar-refractivity contribution is 0.0688. The quantitative estimate of drug-likeness (QED) is 0.529. The van der Waals surface area contributed by atoms with Crippen LogP contribution in [0.4, 0.5) is 0 Å². The van der Waals surface area contributed by atoms with Crippen LogP contribution in [-0.4, -0.2) is 49.6 Å². The number of nitrogens with one attached hydrogen (secondary N) is 1. The van der Waals surface area contributed by atoms with E-state index in [-0.39, 0.29) is 5.91 Å². The fourth-order valence-electron chi connectivity index (χ4n) is 2.64. The molecule has 152 valence electrons. The molecule has 0 saturated carbocycles. The molecule has 29 heavy (non-hydrogen) atoms. The smallest absolute Gasteiger partial charge is 0.251 e. The van der Waals surface area contributed by atoms with Gasteiger partial charge in [-0.15, -0.1) is 10.2 Å². The number of hydrogen-bond donors (Lipinski definition) is 1. The van der Waals surface area contributed by atoms with Crippen molar-refractivity contribution in [1.29, 1.82) is 0 Å². The number of methoxy groups -OCH3 is 1. The molecule has 0 unspecified atom stereocenters. The minimum atomic E-state index is -0.126. The Morgan fingerprint density at radius 1 is 0.931 bits per heavy atom. The molecule has 0 aliphatic heterocycles. The number of aromatic nitrogens is 2. The lowest BCUT2D eigenvalue weighted by atomic mass is 10.1. The maximum absolute atomic E-state index is 12.2. The Bertz CT molecular complexity index is 905. The normalized spacial score (nSPS) is 10.8. The number of hydrogen-bond acceptors (Lipinski definition) is 6. The van der Waals surface area contributed by atoms with Gasteiger partial charge in [0.15, 0.2) is 0 Å². The summed E-state index contributed by atoms with van der Waals surface area (Å²) in [6, 6.07) is 15.0. The summed E-state index contributed by atoms with van der Waals surface area (Å²) in [5, 5.41) is 11.1. The summed E-state index contributed by atoms with van der Waals surface area (Å²) in [5.74, 6) is 0.759. The van der Waals surface area contributed by atoms with Crippen LogP contribution in [0, 0.1) is 6.92 Å². The van der Waals surface area contributed by atoms with Gasteiger partial charge in [-0.25, -0.2) is 0 Å². The molecule has 7 nitrogen and oxygen atoms in total. The number of amides is 1. The van der Waals surface area contributed by atoms with Crippen LogP contribution < -0.4 is 5.32 Å². The molecule has 3 aromatic rings. The van der Waals surface area contributed by atoms with E-state index in [2.05, 4.69) is 15.5 Å². The van der Waals surface area contributed by atoms with Crippen molar-refractivity contribution in [3.8, 4) is 22.9 Å². The summed E-state index contributed by atoms with van der Waals surface area (Å²) in [4.78, 5) is 12.2. The molecule has 0 fully saturated rings. The van der Waals surface area contributed by atoms with Crippen molar-refractivity contribution in [2.45, 2.75) is 13.3 Å². The molecule has 3 rings (SSSR count). The standard InChI is InChI=1S/C22H25N3O4/c1-16-4-6-18(7-5-16)21-24-25-22(29-21)19-10-8-17(9-11-19)20(26)23-12-3-13-28-15-14-27-2/h4-11H,3,12-15H2,1-2H3,(H,23,26). The molecule has 1 heterocycles. The van der Waals surface area contributed by atoms with Crippen LogP contribution >= 0.6 is 0 Å². The van der Waals surface area contributed by atoms with E-state index in [1.807, 2.05) is 31.2 Å². The fourth-order valence-corrected chi connectivity index (χ4v) is 2.64. The Kier molecular flexibility index (Phi) is 7.49. The average Bonchev–Trinajstić information content (AvgIpc) is 3.24. The first-order chi connectivity index (χ1) is 14.2. The van der Waals surface area contributed by atoms with Crippen molar-refractivity contribution in [2.75, 3.05) is 33.5 Å². The molecule has 0 saturated heterocycles. The summed E-state index contributed by atoms with van der Waals surface area (Å²) in [6.07, 6.45) is 0.747. The Morgan fingerprint density at radius 2 is 1.55 bits per heavy atom. The second-order valence-electron chi connectivity index (χ2n) is 6.57. The third-order valence-electron chi connectivity index (χ3n) is 4.30. The van der Waals surface area contributed by atoms with Crippen molar-refractivity contribution in [3.63, 3.8) is 0 Å². The van der Waals surface area contributed by atoms with Gasteiger partial charge in [0.1, 0.15) is 0 Å². The SMILES string of the molecule is COCCOCCCNC(=O)c1ccc(-c2nnc(-c3ccc(C)cc3)o2)cc1. The second-order valence-corrected chi connectivity index (χ2v) is 6.57. The largest absolute Gasteiger partial charge is 0.416 e. The lowest BCUT2D eigenvalue weighted by Crippen LogP contribution is -2.25. The number of carbonyl (C=O) groups excluding carboxylic acids is 1. The Morgan fingerprint density at radius 3 is 2.17 bits per heavy atom. The molecule has 0 radical (unpaired) electrons. The van der Waals surface area contributed by atoms with Crippen molar-refractivity contribution in [1.82, 2.24) is 15.5 Å². The highest BCUT2D eigenvalue weighted by atomic mass is 16.5. The number of rotatable bonds is 10. The monoisotopic (exact) mass is 395 g/mol. The molecule has 0 spiro atoms. The van der Waals surface area contributed by atoms with Crippen molar-refractivity contribution < 1.29 is 18.7 Å². The first-order valence-corrected chi connectivity index (χ1v) is 9.53. The fraction of sp³-hybridized carbons (Fsp3) is 0.318. The third kappa shape index (κ3) is 5.97. The third-order valence-corrected chi connectivity index (χ3v) is 4.30. The van der Waals surface area contributed by atoms with E-state index in [0.717, 1.165) is 17.5 Å². The maximum Gasteiger partial charge on any atom is 0.251 e. The zero-order valence-corrected chi connectivity index (χ0v) is 16.7. The van der Waals surface area contributed by atoms with E-state index in [0.29, 0.717) is 43.7 Å². The lowest BCUT2D eigenvalue weighted by Gasteiger charge is -2.06. The van der Waals surface area contributed by atoms with Crippen LogP contribution in [-0.2, 0) is 9.47 Å². The maximum atomic E-state index is 12.2. The summed E-state index contributed by atoms with van der Waals surface area (Å²) < 4.78 is 16.0. The molecule has 1 N–H and O–H groups in total. The molecular weight excluding hydrogens is 370 g/mol. The minimum Gasteiger partial charge on any atom is -0.416 e. The Hall–Kier alpha value is -3.03. The summed E-state index contributed by atoms with van der Waals surface area (Å²) in [6.45, 7) is 4.30. The topological polar surface area (TPSA) is 86.5 Å². The van der Waals surface area contributed by atoms with Gasteiger partial charge in [-0.3, -0.25) is 4.79 Å². The van der Waals surface area contributed by atoms with E-state index in [4.69, 9.17) is 13.9 Å². The zero-order chi connectivity index (χ0) is 20.5. The molecule has 0 aliphatic carbocycles. The van der Waals surface area contributed by atoms with E-state index in [1.165, 1.54) is 5.56 Å². The van der Waals surface area contributed by atoms with E-state index in [9.17, 15) is 4.79 Å². The molecule has 1 aromatic heterocycles. The predicted octanol–water partition coefficient (Wildman–Crippen LogP) is 3.49. The van der Waals surface area contributed by atoms with E-state index < -0.39 is 0 Å². The van der Waals surface area contributed by atoms with Gasteiger partial charge in [-0.1, -0.05) is 17.7 Å². The summed E-state index contributed by atoms with van der Waals surface area (Å²) >= 11 is 0. The second kappa shape index (κ2) is 10.5. The first-order valence-electron chi connectivity index (χ1n) is 9.53.